The summed E-state index contributed by atoms with van der Waals surface area (Å²) in [6.45, 7) is 29.0. The van der Waals surface area contributed by atoms with Gasteiger partial charge in [-0.25, -0.2) is 0 Å². The molecule has 0 aliphatic heterocycles. The summed E-state index contributed by atoms with van der Waals surface area (Å²) in [5.74, 6) is 3.24. The molecule has 10 heteroatoms. The third-order valence-electron chi connectivity index (χ3n) is 10.8. The Bertz CT molecular complexity index is 1100. The number of nitrogens with one attached hydrogen (secondary N) is 1. The van der Waals surface area contributed by atoms with E-state index in [4.69, 9.17) is 24.7 Å². The van der Waals surface area contributed by atoms with E-state index in [1.807, 2.05) is 69.2 Å². The Hall–Kier alpha value is -2.08. The van der Waals surface area contributed by atoms with Crippen molar-refractivity contribution >= 4 is 12.2 Å². The van der Waals surface area contributed by atoms with E-state index in [0.717, 1.165) is 63.3 Å². The number of fused-ring (bicyclic) bond motifs is 5. The van der Waals surface area contributed by atoms with Crippen LogP contribution in [0.1, 0.15) is 132 Å². The lowest BCUT2D eigenvalue weighted by molar-refractivity contribution is -0.124. The van der Waals surface area contributed by atoms with Crippen molar-refractivity contribution in [2.75, 3.05) is 79.0 Å². The van der Waals surface area contributed by atoms with Gasteiger partial charge < -0.3 is 39.9 Å². The molecular formula is C45H85N3O7. The first-order chi connectivity index (χ1) is 26.7. The first-order valence-electron chi connectivity index (χ1n) is 22.0. The quantitative estimate of drug-likeness (QED) is 0.0850. The van der Waals surface area contributed by atoms with Crippen LogP contribution in [-0.2, 0) is 30.2 Å². The number of carbonyl (C=O) groups excluding carboxylic acids is 2. The Morgan fingerprint density at radius 1 is 0.891 bits per heavy atom. The molecule has 1 aromatic rings. The largest absolute Gasteiger partial charge is 0.491 e. The molecule has 1 amide bonds. The Balaban J connectivity index is 0.00000238. The predicted octanol–water partition coefficient (Wildman–Crippen LogP) is 7.68. The van der Waals surface area contributed by atoms with Crippen LogP contribution in [0, 0.1) is 29.1 Å². The molecule has 3 aliphatic carbocycles. The number of ether oxygens (including phenoxy) is 4. The summed E-state index contributed by atoms with van der Waals surface area (Å²) in [5.41, 5.74) is 8.86. The van der Waals surface area contributed by atoms with Crippen molar-refractivity contribution in [2.45, 2.75) is 133 Å². The van der Waals surface area contributed by atoms with E-state index in [1.54, 1.807) is 0 Å². The van der Waals surface area contributed by atoms with Crippen molar-refractivity contribution in [1.82, 2.24) is 10.2 Å². The fraction of sp³-hybridized carbons (Fsp3) is 0.822. The maximum absolute atomic E-state index is 11.7. The van der Waals surface area contributed by atoms with Gasteiger partial charge in [0.15, 0.2) is 0 Å². The summed E-state index contributed by atoms with van der Waals surface area (Å²) < 4.78 is 23.1. The van der Waals surface area contributed by atoms with Gasteiger partial charge in [-0.2, -0.15) is 0 Å². The van der Waals surface area contributed by atoms with Gasteiger partial charge in [0.05, 0.1) is 45.7 Å². The van der Waals surface area contributed by atoms with Crippen LogP contribution in [0.25, 0.3) is 0 Å². The fourth-order valence-electron chi connectivity index (χ4n) is 8.12. The number of amides is 1. The van der Waals surface area contributed by atoms with Crippen LogP contribution in [0.2, 0.25) is 0 Å². The van der Waals surface area contributed by atoms with E-state index < -0.39 is 0 Å². The number of nitrogens with two attached hydrogens (primary N) is 1. The summed E-state index contributed by atoms with van der Waals surface area (Å²) in [4.78, 5) is 23.4. The van der Waals surface area contributed by atoms with Crippen LogP contribution in [0.15, 0.2) is 18.2 Å². The van der Waals surface area contributed by atoms with Crippen molar-refractivity contribution in [3.8, 4) is 5.75 Å². The summed E-state index contributed by atoms with van der Waals surface area (Å²) in [6, 6.07) is 6.70. The van der Waals surface area contributed by atoms with E-state index in [0.29, 0.717) is 71.2 Å². The zero-order valence-corrected chi connectivity index (χ0v) is 37.1. The molecule has 3 unspecified atom stereocenters. The van der Waals surface area contributed by atoms with Gasteiger partial charge in [-0.1, -0.05) is 82.2 Å². The summed E-state index contributed by atoms with van der Waals surface area (Å²) in [6.07, 6.45) is 8.83. The maximum atomic E-state index is 11.7. The lowest BCUT2D eigenvalue weighted by atomic mass is 9.54. The summed E-state index contributed by atoms with van der Waals surface area (Å²) in [5, 5.41) is 13.8. The van der Waals surface area contributed by atoms with E-state index in [1.165, 1.54) is 30.4 Å². The van der Waals surface area contributed by atoms with Crippen LogP contribution >= 0.6 is 0 Å². The van der Waals surface area contributed by atoms with E-state index >= 15 is 0 Å². The van der Waals surface area contributed by atoms with Crippen molar-refractivity contribution in [3.63, 3.8) is 0 Å². The maximum Gasteiger partial charge on any atom is 0.222 e. The van der Waals surface area contributed by atoms with Crippen molar-refractivity contribution in [2.24, 2.45) is 34.8 Å². The SMILES string of the molecule is CC.CC.CC.CC(C)C=O.CCC12CC[C@@H]3c4ccc(OCCOCCOCCOCCN(CCN)CCNC(=O)C(C)C)cc4CCC3[C@@H]1CCC2O. The normalized spacial score (nSPS) is 21.9. The Morgan fingerprint density at radius 3 is 2.05 bits per heavy atom. The molecule has 4 N–H and O–H groups in total. The van der Waals surface area contributed by atoms with Gasteiger partial charge in [0, 0.05) is 44.6 Å². The minimum atomic E-state index is -0.101. The number of benzene rings is 1. The van der Waals surface area contributed by atoms with Crippen LogP contribution in [0.5, 0.6) is 5.75 Å². The van der Waals surface area contributed by atoms with Gasteiger partial charge in [-0.3, -0.25) is 9.69 Å². The average molecular weight is 780 g/mol. The second kappa shape index (κ2) is 31.9. The highest BCUT2D eigenvalue weighted by atomic mass is 16.6. The minimum Gasteiger partial charge on any atom is -0.491 e. The van der Waals surface area contributed by atoms with Gasteiger partial charge in [0.25, 0.3) is 0 Å². The molecule has 0 heterocycles. The van der Waals surface area contributed by atoms with Crippen LogP contribution in [0.3, 0.4) is 0 Å². The number of aldehydes is 1. The molecule has 0 aromatic heterocycles. The third kappa shape index (κ3) is 18.4. The standard InChI is InChI=1S/C35H59N3O6.C4H8O.3C2H6/c1-4-35-12-11-30-29-8-6-28(25-27(29)5-7-31(30)32(35)9-10-33(35)39)44-24-23-43-22-21-42-20-19-41-18-17-38(15-13-36)16-14-37-34(40)26(2)3;1-4(2)3-5;3*1-2/h6,8,25-26,30-33,39H,4-5,7,9-24,36H2,1-3H3,(H,37,40);3-4H,1-2H3;3*1-2H3/t30-,31?,32+,33?,35?;;;;/m1..../s1. The average Bonchev–Trinajstić information content (AvgIpc) is 3.56. The Kier molecular flexibility index (Phi) is 30.7. The van der Waals surface area contributed by atoms with Crippen molar-refractivity contribution in [1.29, 1.82) is 0 Å². The lowest BCUT2D eigenvalue weighted by Crippen LogP contribution is -2.45. The minimum absolute atomic E-state index is 0.00316. The molecule has 2 saturated carbocycles. The molecule has 0 spiro atoms. The predicted molar refractivity (Wildman–Crippen MR) is 228 cm³/mol. The molecule has 0 radical (unpaired) electrons. The Labute approximate surface area is 337 Å². The van der Waals surface area contributed by atoms with E-state index in [-0.39, 0.29) is 29.3 Å². The number of hydrogen-bond donors (Lipinski definition) is 3. The number of aliphatic hydroxyl groups excluding tert-OH is 1. The topological polar surface area (TPSA) is 133 Å². The van der Waals surface area contributed by atoms with Gasteiger partial charge in [0.2, 0.25) is 5.91 Å². The van der Waals surface area contributed by atoms with Crippen LogP contribution in [0.4, 0.5) is 0 Å². The first kappa shape index (κ1) is 52.9. The zero-order chi connectivity index (χ0) is 41.6. The molecule has 10 nitrogen and oxygen atoms in total. The molecule has 0 bridgehead atoms. The molecule has 4 rings (SSSR count). The zero-order valence-electron chi connectivity index (χ0n) is 37.1. The highest BCUT2D eigenvalue weighted by molar-refractivity contribution is 5.77. The van der Waals surface area contributed by atoms with E-state index in [9.17, 15) is 14.7 Å². The van der Waals surface area contributed by atoms with Crippen LogP contribution in [-0.4, -0.2) is 107 Å². The van der Waals surface area contributed by atoms with Crippen molar-refractivity contribution < 1.29 is 33.6 Å². The number of nitrogens with zero attached hydrogens (tertiary/aromatic N) is 1. The molecule has 3 aliphatic rings. The molecule has 0 saturated heterocycles. The number of aryl methyl sites for hydroxylation is 1. The molecule has 322 valence electrons. The fourth-order valence-corrected chi connectivity index (χ4v) is 8.12. The second-order valence-corrected chi connectivity index (χ2v) is 14.6. The first-order valence-corrected chi connectivity index (χ1v) is 22.0. The number of hydrogen-bond acceptors (Lipinski definition) is 9. The summed E-state index contributed by atoms with van der Waals surface area (Å²) >= 11 is 0. The highest BCUT2D eigenvalue weighted by Gasteiger charge is 2.55. The molecular weight excluding hydrogens is 695 g/mol. The van der Waals surface area contributed by atoms with Gasteiger partial charge in [0.1, 0.15) is 18.6 Å². The molecule has 5 atom stereocenters. The number of aliphatic hydroxyl groups is 1. The summed E-state index contributed by atoms with van der Waals surface area (Å²) in [7, 11) is 0. The highest BCUT2D eigenvalue weighted by Crippen LogP contribution is 2.62. The smallest absolute Gasteiger partial charge is 0.222 e. The van der Waals surface area contributed by atoms with Crippen LogP contribution < -0.4 is 15.8 Å². The number of carbonyl (C=O) groups is 2. The second-order valence-electron chi connectivity index (χ2n) is 14.6. The van der Waals surface area contributed by atoms with Gasteiger partial charge in [-0.15, -0.1) is 0 Å². The lowest BCUT2D eigenvalue weighted by Gasteiger charge is -2.51. The molecule has 55 heavy (non-hydrogen) atoms. The van der Waals surface area contributed by atoms with Gasteiger partial charge in [-0.05, 0) is 91.4 Å². The van der Waals surface area contributed by atoms with Gasteiger partial charge >= 0.3 is 0 Å². The molecule has 2 fully saturated rings. The number of rotatable bonds is 21. The molecule has 1 aromatic carbocycles. The van der Waals surface area contributed by atoms with E-state index in [2.05, 4.69) is 35.3 Å². The monoisotopic (exact) mass is 780 g/mol. The van der Waals surface area contributed by atoms with Crippen molar-refractivity contribution in [3.05, 3.63) is 29.3 Å². The third-order valence-corrected chi connectivity index (χ3v) is 10.8. The Morgan fingerprint density at radius 2 is 1.49 bits per heavy atom.